The zero-order chi connectivity index (χ0) is 21.2. The lowest BCUT2D eigenvalue weighted by molar-refractivity contribution is -0.121. The van der Waals surface area contributed by atoms with Crippen molar-refractivity contribution in [3.8, 4) is 5.75 Å². The van der Waals surface area contributed by atoms with Gasteiger partial charge in [-0.05, 0) is 62.8 Å². The van der Waals surface area contributed by atoms with Crippen LogP contribution in [0, 0.1) is 0 Å². The van der Waals surface area contributed by atoms with Crippen molar-refractivity contribution in [2.75, 3.05) is 19.0 Å². The molecule has 0 bridgehead atoms. The predicted molar refractivity (Wildman–Crippen MR) is 118 cm³/mol. The van der Waals surface area contributed by atoms with E-state index in [1.54, 1.807) is 31.4 Å². The van der Waals surface area contributed by atoms with E-state index >= 15 is 0 Å². The van der Waals surface area contributed by atoms with E-state index in [4.69, 9.17) is 4.74 Å². The van der Waals surface area contributed by atoms with Crippen LogP contribution in [0.15, 0.2) is 35.9 Å². The van der Waals surface area contributed by atoms with E-state index in [9.17, 15) is 9.59 Å². The second-order valence-corrected chi connectivity index (χ2v) is 8.31. The fraction of sp³-hybridized carbons (Fsp3) is 0.455. The molecule has 0 saturated heterocycles. The largest absolute Gasteiger partial charge is 0.497 e. The van der Waals surface area contributed by atoms with Gasteiger partial charge in [-0.15, -0.1) is 10.2 Å². The maximum Gasteiger partial charge on any atom is 0.286 e. The first kappa shape index (κ1) is 22.0. The van der Waals surface area contributed by atoms with Gasteiger partial charge in [0.15, 0.2) is 0 Å². The number of nitrogens with zero attached hydrogens (tertiary/aromatic N) is 2. The number of benzene rings is 1. The van der Waals surface area contributed by atoms with Crippen molar-refractivity contribution in [3.63, 3.8) is 0 Å². The van der Waals surface area contributed by atoms with Crippen LogP contribution in [0.5, 0.6) is 5.75 Å². The zero-order valence-electron chi connectivity index (χ0n) is 17.3. The summed E-state index contributed by atoms with van der Waals surface area (Å²) in [5.74, 6) is 0.494. The van der Waals surface area contributed by atoms with Gasteiger partial charge in [0.2, 0.25) is 10.9 Å². The molecule has 1 aromatic heterocycles. The molecule has 2 amide bonds. The lowest BCUT2D eigenvalue weighted by atomic mass is 9.97. The van der Waals surface area contributed by atoms with Crippen LogP contribution in [0.1, 0.15) is 59.8 Å². The number of carbonyl (C=O) groups is 2. The van der Waals surface area contributed by atoms with E-state index < -0.39 is 0 Å². The van der Waals surface area contributed by atoms with Crippen LogP contribution in [0.3, 0.4) is 0 Å². The number of allylic oxidation sites excluding steroid dienone is 1. The number of hydrogen-bond acceptors (Lipinski definition) is 6. The molecule has 0 atom stereocenters. The highest BCUT2D eigenvalue weighted by molar-refractivity contribution is 7.13. The van der Waals surface area contributed by atoms with Gasteiger partial charge in [-0.3, -0.25) is 9.59 Å². The third kappa shape index (κ3) is 6.95. The lowest BCUT2D eigenvalue weighted by Crippen LogP contribution is -2.24. The third-order valence-electron chi connectivity index (χ3n) is 4.96. The van der Waals surface area contributed by atoms with Gasteiger partial charge < -0.3 is 15.4 Å². The number of methoxy groups -OCH3 is 1. The Morgan fingerprint density at radius 1 is 1.13 bits per heavy atom. The average molecular weight is 429 g/mol. The van der Waals surface area contributed by atoms with Gasteiger partial charge in [0.25, 0.3) is 5.91 Å². The number of ether oxygens (including phenoxy) is 1. The third-order valence-corrected chi connectivity index (χ3v) is 5.94. The second-order valence-electron chi connectivity index (χ2n) is 7.25. The Labute approximate surface area is 180 Å². The first-order valence-electron chi connectivity index (χ1n) is 10.4. The van der Waals surface area contributed by atoms with Gasteiger partial charge in [-0.2, -0.15) is 0 Å². The van der Waals surface area contributed by atoms with Gasteiger partial charge in [0.05, 0.1) is 7.11 Å². The number of nitrogens with one attached hydrogen (secondary N) is 2. The summed E-state index contributed by atoms with van der Waals surface area (Å²) in [6.07, 6.45) is 9.92. The predicted octanol–water partition coefficient (Wildman–Crippen LogP) is 4.13. The minimum Gasteiger partial charge on any atom is -0.497 e. The molecule has 0 saturated carbocycles. The number of aromatic nitrogens is 2. The molecule has 0 fully saturated rings. The summed E-state index contributed by atoms with van der Waals surface area (Å²) in [5.41, 5.74) is 2.13. The molecule has 1 aliphatic carbocycles. The summed E-state index contributed by atoms with van der Waals surface area (Å²) >= 11 is 1.26. The van der Waals surface area contributed by atoms with E-state index in [0.717, 1.165) is 17.2 Å². The van der Waals surface area contributed by atoms with E-state index in [1.807, 2.05) is 0 Å². The Hall–Kier alpha value is -2.74. The number of aryl methyl sites for hydroxylation is 1. The van der Waals surface area contributed by atoms with Gasteiger partial charge >= 0.3 is 0 Å². The van der Waals surface area contributed by atoms with Crippen LogP contribution in [-0.2, 0) is 11.2 Å². The standard InChI is InChI=1S/C22H28N4O3S/c1-29-18-12-10-17(11-13-18)24-21(28)22-26-25-20(30-22)9-5-8-19(27)23-15-14-16-6-3-2-4-7-16/h6,10-13H,2-5,7-9,14-15H2,1H3,(H,23,27)(H,24,28). The monoisotopic (exact) mass is 428 g/mol. The summed E-state index contributed by atoms with van der Waals surface area (Å²) in [6, 6.07) is 7.08. The maximum atomic E-state index is 12.3. The molecule has 7 nitrogen and oxygen atoms in total. The van der Waals surface area contributed by atoms with Crippen molar-refractivity contribution in [1.82, 2.24) is 15.5 Å². The highest BCUT2D eigenvalue weighted by Gasteiger charge is 2.13. The number of anilines is 1. The first-order valence-corrected chi connectivity index (χ1v) is 11.2. The molecular weight excluding hydrogens is 400 g/mol. The molecule has 0 spiro atoms. The summed E-state index contributed by atoms with van der Waals surface area (Å²) in [4.78, 5) is 24.3. The molecule has 0 unspecified atom stereocenters. The van der Waals surface area contributed by atoms with Crippen LogP contribution in [0.2, 0.25) is 0 Å². The van der Waals surface area contributed by atoms with Crippen LogP contribution in [-0.4, -0.2) is 35.7 Å². The Morgan fingerprint density at radius 2 is 1.97 bits per heavy atom. The molecule has 1 heterocycles. The van der Waals surface area contributed by atoms with Crippen molar-refractivity contribution in [2.45, 2.75) is 51.4 Å². The minimum atomic E-state index is -0.293. The topological polar surface area (TPSA) is 93.2 Å². The van der Waals surface area contributed by atoms with E-state index in [-0.39, 0.29) is 11.8 Å². The van der Waals surface area contributed by atoms with E-state index in [0.29, 0.717) is 36.5 Å². The van der Waals surface area contributed by atoms with Crippen molar-refractivity contribution in [3.05, 3.63) is 45.9 Å². The Kier molecular flexibility index (Phi) is 8.38. The van der Waals surface area contributed by atoms with Crippen molar-refractivity contribution in [1.29, 1.82) is 0 Å². The lowest BCUT2D eigenvalue weighted by Gasteiger charge is -2.12. The molecule has 0 radical (unpaired) electrons. The van der Waals surface area contributed by atoms with Crippen LogP contribution in [0.4, 0.5) is 5.69 Å². The Morgan fingerprint density at radius 3 is 2.70 bits per heavy atom. The Balaban J connectivity index is 1.35. The number of carbonyl (C=O) groups excluding carboxylic acids is 2. The zero-order valence-corrected chi connectivity index (χ0v) is 18.1. The molecule has 1 aliphatic rings. The quantitative estimate of drug-likeness (QED) is 0.555. The second kappa shape index (κ2) is 11.4. The summed E-state index contributed by atoms with van der Waals surface area (Å²) in [5, 5.41) is 14.9. The molecule has 160 valence electrons. The fourth-order valence-corrected chi connectivity index (χ4v) is 4.06. The van der Waals surface area contributed by atoms with Crippen LogP contribution in [0.25, 0.3) is 0 Å². The molecule has 30 heavy (non-hydrogen) atoms. The van der Waals surface area contributed by atoms with Crippen molar-refractivity contribution >= 4 is 28.8 Å². The van der Waals surface area contributed by atoms with Gasteiger partial charge in [0, 0.05) is 25.1 Å². The SMILES string of the molecule is COc1ccc(NC(=O)c2nnc(CCCC(=O)NCCC3=CCCCC3)s2)cc1. The van der Waals surface area contributed by atoms with Gasteiger partial charge in [-0.1, -0.05) is 23.0 Å². The molecule has 8 heteroatoms. The smallest absolute Gasteiger partial charge is 0.286 e. The first-order chi connectivity index (χ1) is 14.6. The molecule has 3 rings (SSSR count). The maximum absolute atomic E-state index is 12.3. The summed E-state index contributed by atoms with van der Waals surface area (Å²) in [6.45, 7) is 0.707. The van der Waals surface area contributed by atoms with Crippen molar-refractivity contribution in [2.24, 2.45) is 0 Å². The van der Waals surface area contributed by atoms with Crippen molar-refractivity contribution < 1.29 is 14.3 Å². The van der Waals surface area contributed by atoms with Crippen LogP contribution >= 0.6 is 11.3 Å². The highest BCUT2D eigenvalue weighted by atomic mass is 32.1. The minimum absolute atomic E-state index is 0.0633. The highest BCUT2D eigenvalue weighted by Crippen LogP contribution is 2.20. The average Bonchev–Trinajstić information content (AvgIpc) is 3.24. The van der Waals surface area contributed by atoms with Crippen LogP contribution < -0.4 is 15.4 Å². The van der Waals surface area contributed by atoms with E-state index in [1.165, 1.54) is 42.6 Å². The molecule has 2 aromatic rings. The number of amides is 2. The molecule has 2 N–H and O–H groups in total. The fourth-order valence-electron chi connectivity index (χ4n) is 3.29. The molecular formula is C22H28N4O3S. The number of hydrogen-bond donors (Lipinski definition) is 2. The summed E-state index contributed by atoms with van der Waals surface area (Å²) in [7, 11) is 1.59. The van der Waals surface area contributed by atoms with Gasteiger partial charge in [-0.25, -0.2) is 0 Å². The normalized spacial score (nSPS) is 13.4. The summed E-state index contributed by atoms with van der Waals surface area (Å²) < 4.78 is 5.10. The van der Waals surface area contributed by atoms with Gasteiger partial charge in [0.1, 0.15) is 10.8 Å². The van der Waals surface area contributed by atoms with E-state index in [2.05, 4.69) is 26.9 Å². The number of rotatable bonds is 10. The molecule has 1 aromatic carbocycles. The Bertz CT molecular complexity index is 877. The molecule has 0 aliphatic heterocycles.